The van der Waals surface area contributed by atoms with Crippen molar-refractivity contribution in [2.75, 3.05) is 5.32 Å². The van der Waals surface area contributed by atoms with Crippen LogP contribution in [0.3, 0.4) is 0 Å². The number of rotatable bonds is 2. The number of hydrogen-bond donors (Lipinski definition) is 2. The molecule has 0 aliphatic heterocycles. The van der Waals surface area contributed by atoms with Crippen LogP contribution >= 0.6 is 0 Å². The molecule has 0 fully saturated rings. The maximum Gasteiger partial charge on any atom is 0.148 e. The Kier molecular flexibility index (Phi) is 2.64. The lowest BCUT2D eigenvalue weighted by Gasteiger charge is -2.19. The van der Waals surface area contributed by atoms with Gasteiger partial charge in [-0.3, -0.25) is 10.1 Å². The number of pyridine rings is 1. The van der Waals surface area contributed by atoms with Crippen molar-refractivity contribution >= 4 is 5.82 Å². The van der Waals surface area contributed by atoms with Crippen LogP contribution in [0.25, 0.3) is 11.3 Å². The van der Waals surface area contributed by atoms with Crippen LogP contribution in [0.1, 0.15) is 20.8 Å². The van der Waals surface area contributed by atoms with Crippen LogP contribution in [0.4, 0.5) is 5.82 Å². The highest BCUT2D eigenvalue weighted by atomic mass is 15.2. The Balaban J connectivity index is 2.21. The molecule has 2 aromatic rings. The van der Waals surface area contributed by atoms with E-state index in [1.165, 1.54) is 0 Å². The van der Waals surface area contributed by atoms with Gasteiger partial charge in [0.2, 0.25) is 0 Å². The lowest BCUT2D eigenvalue weighted by Crippen LogP contribution is -2.26. The van der Waals surface area contributed by atoms with Gasteiger partial charge < -0.3 is 5.32 Å². The first kappa shape index (κ1) is 10.7. The van der Waals surface area contributed by atoms with Crippen molar-refractivity contribution in [3.05, 3.63) is 30.6 Å². The number of anilines is 1. The Morgan fingerprint density at radius 2 is 1.88 bits per heavy atom. The molecule has 0 spiro atoms. The van der Waals surface area contributed by atoms with Crippen LogP contribution in [0.5, 0.6) is 0 Å². The molecule has 2 N–H and O–H groups in total. The lowest BCUT2D eigenvalue weighted by molar-refractivity contribution is 0.630. The zero-order chi connectivity index (χ0) is 11.6. The van der Waals surface area contributed by atoms with Gasteiger partial charge in [-0.2, -0.15) is 5.10 Å². The third-order valence-corrected chi connectivity index (χ3v) is 2.07. The molecule has 0 bridgehead atoms. The van der Waals surface area contributed by atoms with Crippen molar-refractivity contribution in [1.82, 2.24) is 15.2 Å². The van der Waals surface area contributed by atoms with Gasteiger partial charge in [0, 0.05) is 29.6 Å². The second-order valence-electron chi connectivity index (χ2n) is 4.78. The first-order valence-corrected chi connectivity index (χ1v) is 5.28. The Hall–Kier alpha value is -1.84. The van der Waals surface area contributed by atoms with Gasteiger partial charge in [0.15, 0.2) is 0 Å². The summed E-state index contributed by atoms with van der Waals surface area (Å²) in [5.41, 5.74) is 2.10. The summed E-state index contributed by atoms with van der Waals surface area (Å²) in [5.74, 6) is 0.860. The minimum absolute atomic E-state index is 0.0186. The number of H-pyrrole nitrogens is 1. The highest BCUT2D eigenvalue weighted by Gasteiger charge is 2.11. The molecule has 16 heavy (non-hydrogen) atoms. The Bertz CT molecular complexity index is 453. The fraction of sp³-hybridized carbons (Fsp3) is 0.333. The normalized spacial score (nSPS) is 11.4. The zero-order valence-electron chi connectivity index (χ0n) is 9.78. The van der Waals surface area contributed by atoms with E-state index in [1.54, 1.807) is 12.4 Å². The minimum Gasteiger partial charge on any atom is -0.364 e. The molecule has 2 heterocycles. The summed E-state index contributed by atoms with van der Waals surface area (Å²) >= 11 is 0. The van der Waals surface area contributed by atoms with Crippen LogP contribution in [-0.2, 0) is 0 Å². The second-order valence-corrected chi connectivity index (χ2v) is 4.78. The first-order chi connectivity index (χ1) is 7.54. The maximum atomic E-state index is 4.22. The maximum absolute atomic E-state index is 4.22. The van der Waals surface area contributed by atoms with E-state index in [9.17, 15) is 0 Å². The molecular formula is C12H16N4. The number of nitrogens with one attached hydrogen (secondary N) is 2. The van der Waals surface area contributed by atoms with E-state index in [-0.39, 0.29) is 5.54 Å². The van der Waals surface area contributed by atoms with Gasteiger partial charge in [0.25, 0.3) is 0 Å². The molecule has 0 aliphatic carbocycles. The number of aromatic amines is 1. The van der Waals surface area contributed by atoms with Crippen molar-refractivity contribution in [2.45, 2.75) is 26.3 Å². The quantitative estimate of drug-likeness (QED) is 0.811. The van der Waals surface area contributed by atoms with Gasteiger partial charge in [-0.25, -0.2) is 0 Å². The summed E-state index contributed by atoms with van der Waals surface area (Å²) in [6, 6.07) is 5.91. The van der Waals surface area contributed by atoms with Crippen LogP contribution < -0.4 is 5.32 Å². The highest BCUT2D eigenvalue weighted by molar-refractivity contribution is 5.62. The molecule has 0 saturated heterocycles. The average molecular weight is 216 g/mol. The molecule has 0 unspecified atom stereocenters. The summed E-state index contributed by atoms with van der Waals surface area (Å²) in [7, 11) is 0. The smallest absolute Gasteiger partial charge is 0.148 e. The van der Waals surface area contributed by atoms with Crippen molar-refractivity contribution < 1.29 is 0 Å². The van der Waals surface area contributed by atoms with Gasteiger partial charge in [-0.15, -0.1) is 0 Å². The standard InChI is InChI=1S/C12H16N4/c1-12(2,3)14-11-8-10(15-16-11)9-4-6-13-7-5-9/h4-8H,1-3H3,(H2,14,15,16). The van der Waals surface area contributed by atoms with Crippen LogP contribution in [0.2, 0.25) is 0 Å². The molecule has 0 atom stereocenters. The third-order valence-electron chi connectivity index (χ3n) is 2.07. The molecule has 0 amide bonds. The second kappa shape index (κ2) is 3.96. The topological polar surface area (TPSA) is 53.6 Å². The summed E-state index contributed by atoms with van der Waals surface area (Å²) in [5, 5.41) is 10.5. The molecule has 0 aliphatic rings. The molecule has 84 valence electrons. The molecule has 2 aromatic heterocycles. The van der Waals surface area contributed by atoms with E-state index < -0.39 is 0 Å². The fourth-order valence-corrected chi connectivity index (χ4v) is 1.45. The number of aromatic nitrogens is 3. The van der Waals surface area contributed by atoms with Gasteiger partial charge >= 0.3 is 0 Å². The van der Waals surface area contributed by atoms with Gasteiger partial charge in [-0.05, 0) is 32.9 Å². The van der Waals surface area contributed by atoms with E-state index in [4.69, 9.17) is 0 Å². The fourth-order valence-electron chi connectivity index (χ4n) is 1.45. The number of hydrogen-bond acceptors (Lipinski definition) is 3. The van der Waals surface area contributed by atoms with Crippen molar-refractivity contribution in [3.8, 4) is 11.3 Å². The molecule has 0 radical (unpaired) electrons. The third kappa shape index (κ3) is 2.59. The zero-order valence-corrected chi connectivity index (χ0v) is 9.78. The predicted molar refractivity (Wildman–Crippen MR) is 65.2 cm³/mol. The van der Waals surface area contributed by atoms with Crippen LogP contribution in [0.15, 0.2) is 30.6 Å². The molecular weight excluding hydrogens is 200 g/mol. The Morgan fingerprint density at radius 1 is 1.19 bits per heavy atom. The average Bonchev–Trinajstić information content (AvgIpc) is 2.65. The van der Waals surface area contributed by atoms with E-state index >= 15 is 0 Å². The first-order valence-electron chi connectivity index (χ1n) is 5.28. The van der Waals surface area contributed by atoms with Gasteiger partial charge in [0.05, 0.1) is 5.69 Å². The van der Waals surface area contributed by atoms with Gasteiger partial charge in [-0.1, -0.05) is 0 Å². The van der Waals surface area contributed by atoms with E-state index in [0.717, 1.165) is 17.1 Å². The monoisotopic (exact) mass is 216 g/mol. The summed E-state index contributed by atoms with van der Waals surface area (Å²) in [4.78, 5) is 3.99. The molecule has 4 heteroatoms. The highest BCUT2D eigenvalue weighted by Crippen LogP contribution is 2.20. The molecule has 4 nitrogen and oxygen atoms in total. The SMILES string of the molecule is CC(C)(C)Nc1cc(-c2ccncc2)[nH]n1. The summed E-state index contributed by atoms with van der Waals surface area (Å²) < 4.78 is 0. The number of nitrogens with zero attached hydrogens (tertiary/aromatic N) is 2. The largest absolute Gasteiger partial charge is 0.364 e. The Labute approximate surface area is 95.1 Å². The molecule has 0 saturated carbocycles. The predicted octanol–water partition coefficient (Wildman–Crippen LogP) is 2.68. The Morgan fingerprint density at radius 3 is 2.50 bits per heavy atom. The van der Waals surface area contributed by atoms with E-state index in [0.29, 0.717) is 0 Å². The van der Waals surface area contributed by atoms with Crippen molar-refractivity contribution in [3.63, 3.8) is 0 Å². The van der Waals surface area contributed by atoms with Crippen LogP contribution in [0, 0.1) is 0 Å². The summed E-state index contributed by atoms with van der Waals surface area (Å²) in [6.07, 6.45) is 3.54. The van der Waals surface area contributed by atoms with Crippen LogP contribution in [-0.4, -0.2) is 20.7 Å². The lowest BCUT2D eigenvalue weighted by atomic mass is 10.1. The summed E-state index contributed by atoms with van der Waals surface area (Å²) in [6.45, 7) is 6.31. The minimum atomic E-state index is 0.0186. The van der Waals surface area contributed by atoms with Gasteiger partial charge in [0.1, 0.15) is 5.82 Å². The van der Waals surface area contributed by atoms with E-state index in [2.05, 4.69) is 41.3 Å². The van der Waals surface area contributed by atoms with Crippen molar-refractivity contribution in [1.29, 1.82) is 0 Å². The molecule has 0 aromatic carbocycles. The molecule has 2 rings (SSSR count). The van der Waals surface area contributed by atoms with E-state index in [1.807, 2.05) is 18.2 Å². The van der Waals surface area contributed by atoms with Crippen molar-refractivity contribution in [2.24, 2.45) is 0 Å².